The lowest BCUT2D eigenvalue weighted by Crippen LogP contribution is -2.50. The predicted molar refractivity (Wildman–Crippen MR) is 70.8 cm³/mol. The van der Waals surface area contributed by atoms with Crippen molar-refractivity contribution in [2.24, 2.45) is 5.73 Å². The number of hydrogen-bond donors (Lipinski definition) is 1. The molecule has 110 valence electrons. The SMILES string of the molecule is NC(=O)CN1CCN(S(=O)(=O)c2ccc(F)cc2)CC1. The maximum Gasteiger partial charge on any atom is 0.243 e. The van der Waals surface area contributed by atoms with Crippen molar-refractivity contribution in [3.63, 3.8) is 0 Å². The average molecular weight is 301 g/mol. The normalized spacial score (nSPS) is 18.1. The first-order valence-corrected chi connectivity index (χ1v) is 7.60. The van der Waals surface area contributed by atoms with Gasteiger partial charge in [0, 0.05) is 26.2 Å². The lowest BCUT2D eigenvalue weighted by molar-refractivity contribution is -0.119. The van der Waals surface area contributed by atoms with Crippen LogP contribution in [0.25, 0.3) is 0 Å². The van der Waals surface area contributed by atoms with Crippen LogP contribution in [0.4, 0.5) is 4.39 Å². The fraction of sp³-hybridized carbons (Fsp3) is 0.417. The number of halogens is 1. The largest absolute Gasteiger partial charge is 0.369 e. The van der Waals surface area contributed by atoms with E-state index in [1.165, 1.54) is 16.4 Å². The zero-order chi connectivity index (χ0) is 14.8. The molecule has 2 rings (SSSR count). The molecule has 1 aromatic rings. The van der Waals surface area contributed by atoms with Crippen LogP contribution in [-0.4, -0.2) is 56.3 Å². The van der Waals surface area contributed by atoms with Crippen LogP contribution in [0.2, 0.25) is 0 Å². The highest BCUT2D eigenvalue weighted by Crippen LogP contribution is 2.17. The van der Waals surface area contributed by atoms with Crippen LogP contribution in [0.3, 0.4) is 0 Å². The van der Waals surface area contributed by atoms with Gasteiger partial charge in [-0.3, -0.25) is 9.69 Å². The lowest BCUT2D eigenvalue weighted by atomic mass is 10.3. The number of rotatable bonds is 4. The molecule has 6 nitrogen and oxygen atoms in total. The molecule has 0 aliphatic carbocycles. The van der Waals surface area contributed by atoms with E-state index in [9.17, 15) is 17.6 Å². The summed E-state index contributed by atoms with van der Waals surface area (Å²) in [5.74, 6) is -0.907. The number of carbonyl (C=O) groups is 1. The fourth-order valence-electron chi connectivity index (χ4n) is 2.10. The Balaban J connectivity index is 2.05. The molecule has 0 bridgehead atoms. The summed E-state index contributed by atoms with van der Waals surface area (Å²) in [6.45, 7) is 1.59. The van der Waals surface area contributed by atoms with E-state index in [-0.39, 0.29) is 24.5 Å². The van der Waals surface area contributed by atoms with Crippen LogP contribution in [0.1, 0.15) is 0 Å². The Hall–Kier alpha value is -1.51. The van der Waals surface area contributed by atoms with E-state index in [1.54, 1.807) is 4.90 Å². The average Bonchev–Trinajstić information content (AvgIpc) is 2.39. The van der Waals surface area contributed by atoms with Gasteiger partial charge < -0.3 is 5.73 Å². The molecule has 0 spiro atoms. The molecule has 1 amide bonds. The molecule has 1 saturated heterocycles. The number of carbonyl (C=O) groups excluding carboxylic acids is 1. The lowest BCUT2D eigenvalue weighted by Gasteiger charge is -2.33. The molecule has 1 aliphatic rings. The minimum absolute atomic E-state index is 0.0715. The molecule has 2 N–H and O–H groups in total. The summed E-state index contributed by atoms with van der Waals surface area (Å²) < 4.78 is 38.8. The number of benzene rings is 1. The van der Waals surface area contributed by atoms with Gasteiger partial charge in [0.05, 0.1) is 11.4 Å². The molecule has 1 aromatic carbocycles. The molecular formula is C12H16FN3O3S. The van der Waals surface area contributed by atoms with E-state index in [2.05, 4.69) is 0 Å². The molecule has 1 fully saturated rings. The molecule has 0 unspecified atom stereocenters. The minimum atomic E-state index is -3.61. The third-order valence-corrected chi connectivity index (χ3v) is 5.07. The Morgan fingerprint density at radius 1 is 1.15 bits per heavy atom. The molecule has 20 heavy (non-hydrogen) atoms. The van der Waals surface area contributed by atoms with Crippen LogP contribution in [-0.2, 0) is 14.8 Å². The number of primary amides is 1. The Bertz CT molecular complexity index is 580. The van der Waals surface area contributed by atoms with E-state index >= 15 is 0 Å². The third-order valence-electron chi connectivity index (χ3n) is 3.16. The number of sulfonamides is 1. The molecule has 0 atom stereocenters. The second-order valence-corrected chi connectivity index (χ2v) is 6.54. The first-order valence-electron chi connectivity index (χ1n) is 6.16. The smallest absolute Gasteiger partial charge is 0.243 e. The summed E-state index contributed by atoms with van der Waals surface area (Å²) in [4.78, 5) is 12.7. The van der Waals surface area contributed by atoms with E-state index in [0.717, 1.165) is 12.1 Å². The molecular weight excluding hydrogens is 285 g/mol. The van der Waals surface area contributed by atoms with Gasteiger partial charge in [0.2, 0.25) is 15.9 Å². The van der Waals surface area contributed by atoms with Crippen molar-refractivity contribution in [1.82, 2.24) is 9.21 Å². The summed E-state index contributed by atoms with van der Waals surface area (Å²) in [7, 11) is -3.61. The van der Waals surface area contributed by atoms with Crippen molar-refractivity contribution in [3.05, 3.63) is 30.1 Å². The molecule has 1 aliphatic heterocycles. The van der Waals surface area contributed by atoms with Crippen LogP contribution in [0.15, 0.2) is 29.2 Å². The summed E-state index contributed by atoms with van der Waals surface area (Å²) >= 11 is 0. The summed E-state index contributed by atoms with van der Waals surface area (Å²) in [5.41, 5.74) is 5.10. The van der Waals surface area contributed by atoms with Gasteiger partial charge in [0.25, 0.3) is 0 Å². The number of piperazine rings is 1. The molecule has 0 saturated carbocycles. The zero-order valence-corrected chi connectivity index (χ0v) is 11.6. The monoisotopic (exact) mass is 301 g/mol. The van der Waals surface area contributed by atoms with Gasteiger partial charge >= 0.3 is 0 Å². The van der Waals surface area contributed by atoms with Crippen molar-refractivity contribution in [2.75, 3.05) is 32.7 Å². The maximum absolute atomic E-state index is 12.8. The Labute approximate surface area is 117 Å². The Kier molecular flexibility index (Phi) is 4.36. The number of nitrogens with two attached hydrogens (primary N) is 1. The van der Waals surface area contributed by atoms with E-state index < -0.39 is 21.7 Å². The molecule has 0 aromatic heterocycles. The van der Waals surface area contributed by atoms with E-state index in [4.69, 9.17) is 5.73 Å². The van der Waals surface area contributed by atoms with Crippen molar-refractivity contribution >= 4 is 15.9 Å². The second-order valence-electron chi connectivity index (χ2n) is 4.60. The van der Waals surface area contributed by atoms with Crippen LogP contribution < -0.4 is 5.73 Å². The first kappa shape index (κ1) is 14.9. The molecule has 1 heterocycles. The van der Waals surface area contributed by atoms with Gasteiger partial charge in [0.1, 0.15) is 5.82 Å². The zero-order valence-electron chi connectivity index (χ0n) is 10.8. The fourth-order valence-corrected chi connectivity index (χ4v) is 3.53. The number of hydrogen-bond acceptors (Lipinski definition) is 4. The molecule has 8 heteroatoms. The number of nitrogens with zero attached hydrogens (tertiary/aromatic N) is 2. The van der Waals surface area contributed by atoms with Gasteiger partial charge in [-0.2, -0.15) is 4.31 Å². The van der Waals surface area contributed by atoms with Crippen LogP contribution >= 0.6 is 0 Å². The van der Waals surface area contributed by atoms with Crippen molar-refractivity contribution in [3.8, 4) is 0 Å². The highest BCUT2D eigenvalue weighted by atomic mass is 32.2. The van der Waals surface area contributed by atoms with E-state index in [0.29, 0.717) is 13.1 Å². The van der Waals surface area contributed by atoms with Gasteiger partial charge in [-0.15, -0.1) is 0 Å². The van der Waals surface area contributed by atoms with Crippen LogP contribution in [0, 0.1) is 5.82 Å². The van der Waals surface area contributed by atoms with Gasteiger partial charge in [0.15, 0.2) is 0 Å². The summed E-state index contributed by atoms with van der Waals surface area (Å²) in [6, 6.07) is 4.74. The van der Waals surface area contributed by atoms with E-state index in [1.807, 2.05) is 0 Å². The Morgan fingerprint density at radius 2 is 1.70 bits per heavy atom. The van der Waals surface area contributed by atoms with Gasteiger partial charge in [-0.05, 0) is 24.3 Å². The highest BCUT2D eigenvalue weighted by Gasteiger charge is 2.28. The maximum atomic E-state index is 12.8. The topological polar surface area (TPSA) is 83.7 Å². The number of amides is 1. The quantitative estimate of drug-likeness (QED) is 0.821. The van der Waals surface area contributed by atoms with Gasteiger partial charge in [-0.25, -0.2) is 12.8 Å². The second kappa shape index (κ2) is 5.86. The van der Waals surface area contributed by atoms with Crippen molar-refractivity contribution in [2.45, 2.75) is 4.90 Å². The van der Waals surface area contributed by atoms with Crippen molar-refractivity contribution in [1.29, 1.82) is 0 Å². The molecule has 0 radical (unpaired) electrons. The first-order chi connectivity index (χ1) is 9.39. The Morgan fingerprint density at radius 3 is 2.20 bits per heavy atom. The van der Waals surface area contributed by atoms with Crippen LogP contribution in [0.5, 0.6) is 0 Å². The third kappa shape index (κ3) is 3.33. The summed E-state index contributed by atoms with van der Waals surface area (Å²) in [6.07, 6.45) is 0. The standard InChI is InChI=1S/C12H16FN3O3S/c13-10-1-3-11(4-2-10)20(18,19)16-7-5-15(6-8-16)9-12(14)17/h1-4H,5-9H2,(H2,14,17). The van der Waals surface area contributed by atoms with Crippen molar-refractivity contribution < 1.29 is 17.6 Å². The van der Waals surface area contributed by atoms with Gasteiger partial charge in [-0.1, -0.05) is 0 Å². The predicted octanol–water partition coefficient (Wildman–Crippen LogP) is -0.383. The summed E-state index contributed by atoms with van der Waals surface area (Å²) in [5, 5.41) is 0. The highest BCUT2D eigenvalue weighted by molar-refractivity contribution is 7.89. The minimum Gasteiger partial charge on any atom is -0.369 e.